The van der Waals surface area contributed by atoms with E-state index in [-0.39, 0.29) is 11.7 Å². The number of rotatable bonds is 2. The molecule has 0 saturated carbocycles. The third-order valence-corrected chi connectivity index (χ3v) is 2.06. The summed E-state index contributed by atoms with van der Waals surface area (Å²) in [6, 6.07) is 7.91. The summed E-state index contributed by atoms with van der Waals surface area (Å²) < 4.78 is 0. The van der Waals surface area contributed by atoms with Gasteiger partial charge in [-0.2, -0.15) is 5.10 Å². The Morgan fingerprint density at radius 3 is 2.62 bits per heavy atom. The van der Waals surface area contributed by atoms with Gasteiger partial charge in [0, 0.05) is 11.4 Å². The lowest BCUT2D eigenvalue weighted by molar-refractivity contribution is 0.102. The molecule has 1 aromatic carbocycles. The number of amides is 1. The van der Waals surface area contributed by atoms with Gasteiger partial charge in [0.2, 0.25) is 0 Å². The number of hydrogen-bond acceptors (Lipinski definition) is 3. The summed E-state index contributed by atoms with van der Waals surface area (Å²) in [7, 11) is 0. The number of phenols is 1. The minimum Gasteiger partial charge on any atom is -0.508 e. The Labute approximate surface area is 92.1 Å². The Hall–Kier alpha value is -2.30. The highest BCUT2D eigenvalue weighted by atomic mass is 16.3. The average molecular weight is 217 g/mol. The largest absolute Gasteiger partial charge is 0.508 e. The lowest BCUT2D eigenvalue weighted by Crippen LogP contribution is -2.12. The molecule has 0 aliphatic heterocycles. The highest BCUT2D eigenvalue weighted by Gasteiger charge is 2.08. The van der Waals surface area contributed by atoms with Gasteiger partial charge in [-0.15, -0.1) is 0 Å². The first-order valence-electron chi connectivity index (χ1n) is 4.77. The van der Waals surface area contributed by atoms with Gasteiger partial charge in [-0.25, -0.2) is 0 Å². The van der Waals surface area contributed by atoms with Crippen LogP contribution in [0, 0.1) is 6.92 Å². The van der Waals surface area contributed by atoms with Crippen molar-refractivity contribution in [3.8, 4) is 5.75 Å². The first-order chi connectivity index (χ1) is 7.65. The summed E-state index contributed by atoms with van der Waals surface area (Å²) in [6.45, 7) is 1.82. The molecule has 0 atom stereocenters. The molecule has 3 N–H and O–H groups in total. The number of H-pyrrole nitrogens is 1. The number of phenolic OH excluding ortho intramolecular Hbond substituents is 1. The fourth-order valence-electron chi connectivity index (χ4n) is 1.27. The molecular formula is C11H11N3O2. The first-order valence-corrected chi connectivity index (χ1v) is 4.77. The number of aromatic nitrogens is 2. The molecular weight excluding hydrogens is 206 g/mol. The van der Waals surface area contributed by atoms with Crippen LogP contribution in [-0.4, -0.2) is 21.2 Å². The van der Waals surface area contributed by atoms with Crippen LogP contribution in [0.3, 0.4) is 0 Å². The highest BCUT2D eigenvalue weighted by Crippen LogP contribution is 2.14. The summed E-state index contributed by atoms with van der Waals surface area (Å²) in [6.07, 6.45) is 0. The number of anilines is 1. The van der Waals surface area contributed by atoms with Gasteiger partial charge in [0.25, 0.3) is 5.91 Å². The fraction of sp³-hybridized carbons (Fsp3) is 0.0909. The van der Waals surface area contributed by atoms with Crippen LogP contribution in [0.4, 0.5) is 5.69 Å². The Balaban J connectivity index is 2.10. The van der Waals surface area contributed by atoms with Crippen molar-refractivity contribution in [2.45, 2.75) is 6.92 Å². The number of benzene rings is 1. The second-order valence-corrected chi connectivity index (χ2v) is 3.44. The number of nitrogens with one attached hydrogen (secondary N) is 2. The van der Waals surface area contributed by atoms with Gasteiger partial charge >= 0.3 is 0 Å². The number of carbonyl (C=O) groups is 1. The van der Waals surface area contributed by atoms with Gasteiger partial charge in [0.05, 0.1) is 0 Å². The maximum atomic E-state index is 11.7. The quantitative estimate of drug-likeness (QED) is 0.669. The van der Waals surface area contributed by atoms with Crippen molar-refractivity contribution in [2.24, 2.45) is 0 Å². The highest BCUT2D eigenvalue weighted by molar-refractivity contribution is 6.02. The van der Waals surface area contributed by atoms with Gasteiger partial charge in [-0.05, 0) is 37.3 Å². The zero-order chi connectivity index (χ0) is 11.5. The van der Waals surface area contributed by atoms with Gasteiger partial charge in [0.15, 0.2) is 5.69 Å². The van der Waals surface area contributed by atoms with Gasteiger partial charge in [-0.3, -0.25) is 9.89 Å². The monoisotopic (exact) mass is 217 g/mol. The van der Waals surface area contributed by atoms with E-state index in [4.69, 9.17) is 5.11 Å². The van der Waals surface area contributed by atoms with E-state index < -0.39 is 0 Å². The molecule has 1 amide bonds. The molecule has 16 heavy (non-hydrogen) atoms. The van der Waals surface area contributed by atoms with E-state index >= 15 is 0 Å². The maximum Gasteiger partial charge on any atom is 0.276 e. The van der Waals surface area contributed by atoms with Crippen LogP contribution in [0.25, 0.3) is 0 Å². The topological polar surface area (TPSA) is 78.0 Å². The summed E-state index contributed by atoms with van der Waals surface area (Å²) in [5.41, 5.74) is 1.78. The molecule has 0 spiro atoms. The molecule has 82 valence electrons. The predicted octanol–water partition coefficient (Wildman–Crippen LogP) is 1.68. The standard InChI is InChI=1S/C11H11N3O2/c1-7-6-10(14-13-7)11(16)12-8-2-4-9(15)5-3-8/h2-6,15H,1H3,(H,12,16)(H,13,14). The number of aromatic hydroxyl groups is 1. The maximum absolute atomic E-state index is 11.7. The van der Waals surface area contributed by atoms with E-state index in [1.54, 1.807) is 18.2 Å². The van der Waals surface area contributed by atoms with Crippen molar-refractivity contribution < 1.29 is 9.90 Å². The number of aryl methyl sites for hydroxylation is 1. The van der Waals surface area contributed by atoms with E-state index in [1.165, 1.54) is 12.1 Å². The molecule has 2 rings (SSSR count). The summed E-state index contributed by atoms with van der Waals surface area (Å²) in [4.78, 5) is 11.7. The lowest BCUT2D eigenvalue weighted by atomic mass is 10.3. The number of nitrogens with zero attached hydrogens (tertiary/aromatic N) is 1. The van der Waals surface area contributed by atoms with E-state index in [0.717, 1.165) is 5.69 Å². The SMILES string of the molecule is Cc1cc(C(=O)Nc2ccc(O)cc2)n[nH]1. The van der Waals surface area contributed by atoms with Crippen LogP contribution in [-0.2, 0) is 0 Å². The molecule has 5 heteroatoms. The van der Waals surface area contributed by atoms with Crippen LogP contribution in [0.2, 0.25) is 0 Å². The number of hydrogen-bond donors (Lipinski definition) is 3. The van der Waals surface area contributed by atoms with Crippen molar-refractivity contribution in [3.05, 3.63) is 41.7 Å². The summed E-state index contributed by atoms with van der Waals surface area (Å²) >= 11 is 0. The van der Waals surface area contributed by atoms with Gasteiger partial charge < -0.3 is 10.4 Å². The molecule has 0 aliphatic rings. The van der Waals surface area contributed by atoms with E-state index in [9.17, 15) is 4.79 Å². The van der Waals surface area contributed by atoms with Crippen molar-refractivity contribution in [1.29, 1.82) is 0 Å². The average Bonchev–Trinajstić information content (AvgIpc) is 2.68. The molecule has 0 radical (unpaired) electrons. The molecule has 0 aliphatic carbocycles. The van der Waals surface area contributed by atoms with Crippen molar-refractivity contribution in [3.63, 3.8) is 0 Å². The molecule has 0 bridgehead atoms. The van der Waals surface area contributed by atoms with E-state index in [0.29, 0.717) is 11.4 Å². The predicted molar refractivity (Wildman–Crippen MR) is 59.4 cm³/mol. The molecule has 0 saturated heterocycles. The smallest absolute Gasteiger partial charge is 0.276 e. The molecule has 0 unspecified atom stereocenters. The lowest BCUT2D eigenvalue weighted by Gasteiger charge is -2.02. The zero-order valence-corrected chi connectivity index (χ0v) is 8.69. The minimum atomic E-state index is -0.282. The molecule has 1 aromatic heterocycles. The number of carbonyl (C=O) groups excluding carboxylic acids is 1. The fourth-order valence-corrected chi connectivity index (χ4v) is 1.27. The third kappa shape index (κ3) is 2.20. The Bertz CT molecular complexity index is 502. The second-order valence-electron chi connectivity index (χ2n) is 3.44. The summed E-state index contributed by atoms with van der Waals surface area (Å²) in [5.74, 6) is -0.122. The Kier molecular flexibility index (Phi) is 2.59. The molecule has 5 nitrogen and oxygen atoms in total. The van der Waals surface area contributed by atoms with Crippen molar-refractivity contribution in [2.75, 3.05) is 5.32 Å². The Morgan fingerprint density at radius 1 is 1.38 bits per heavy atom. The minimum absolute atomic E-state index is 0.161. The molecule has 0 fully saturated rings. The van der Waals surface area contributed by atoms with Crippen LogP contribution < -0.4 is 5.32 Å². The van der Waals surface area contributed by atoms with Crippen molar-refractivity contribution >= 4 is 11.6 Å². The van der Waals surface area contributed by atoms with Crippen LogP contribution in [0.5, 0.6) is 5.75 Å². The molecule has 2 aromatic rings. The van der Waals surface area contributed by atoms with Gasteiger partial charge in [0.1, 0.15) is 5.75 Å². The normalized spacial score (nSPS) is 10.1. The van der Waals surface area contributed by atoms with E-state index in [1.807, 2.05) is 6.92 Å². The van der Waals surface area contributed by atoms with Crippen LogP contribution in [0.15, 0.2) is 30.3 Å². The van der Waals surface area contributed by atoms with Crippen LogP contribution >= 0.6 is 0 Å². The second kappa shape index (κ2) is 4.06. The number of aromatic amines is 1. The Morgan fingerprint density at radius 2 is 2.06 bits per heavy atom. The summed E-state index contributed by atoms with van der Waals surface area (Å²) in [5, 5.41) is 18.3. The van der Waals surface area contributed by atoms with E-state index in [2.05, 4.69) is 15.5 Å². The van der Waals surface area contributed by atoms with Crippen LogP contribution in [0.1, 0.15) is 16.2 Å². The molecule has 1 heterocycles. The zero-order valence-electron chi connectivity index (χ0n) is 8.69. The van der Waals surface area contributed by atoms with Gasteiger partial charge in [-0.1, -0.05) is 0 Å². The van der Waals surface area contributed by atoms with Crippen molar-refractivity contribution in [1.82, 2.24) is 10.2 Å². The third-order valence-electron chi connectivity index (χ3n) is 2.06. The first kappa shape index (κ1) is 10.2.